The van der Waals surface area contributed by atoms with Crippen molar-refractivity contribution in [2.45, 2.75) is 44.4 Å². The second-order valence-corrected chi connectivity index (χ2v) is 11.0. The molecule has 2 bridgehead atoms. The number of urea groups is 1. The maximum atomic E-state index is 13.7. The van der Waals surface area contributed by atoms with Crippen molar-refractivity contribution < 1.29 is 32.2 Å². The summed E-state index contributed by atoms with van der Waals surface area (Å²) in [6.07, 6.45) is -2.55. The molecule has 2 amide bonds. The number of nitrogens with one attached hydrogen (secondary N) is 1. The van der Waals surface area contributed by atoms with Gasteiger partial charge in [-0.2, -0.15) is 13.2 Å². The molecule has 1 unspecified atom stereocenters. The van der Waals surface area contributed by atoms with Crippen LogP contribution in [0.15, 0.2) is 48.7 Å². The van der Waals surface area contributed by atoms with Crippen LogP contribution in [0.1, 0.15) is 25.8 Å². The van der Waals surface area contributed by atoms with Crippen LogP contribution in [0.5, 0.6) is 5.88 Å². The highest BCUT2D eigenvalue weighted by atomic mass is 35.5. The zero-order valence-electron chi connectivity index (χ0n) is 22.2. The number of carbonyl (C=O) groups is 1. The first-order chi connectivity index (χ1) is 19.5. The topological polar surface area (TPSA) is 89.1 Å². The number of fused-ring (bicyclic) bond motifs is 4. The van der Waals surface area contributed by atoms with E-state index in [1.165, 1.54) is 18.3 Å². The third kappa shape index (κ3) is 5.64. The minimum atomic E-state index is -4.52. The Bertz CT molecular complexity index is 1490. The highest BCUT2D eigenvalue weighted by Crippen LogP contribution is 2.44. The molecule has 0 aliphatic carbocycles. The number of anilines is 3. The molecule has 3 aliphatic rings. The van der Waals surface area contributed by atoms with Gasteiger partial charge in [0, 0.05) is 36.6 Å². The fraction of sp³-hybridized carbons (Fsp3) is 0.393. The number of benzene rings is 1. The molecule has 2 saturated heterocycles. The smallest absolute Gasteiger partial charge is 0.416 e. The van der Waals surface area contributed by atoms with Gasteiger partial charge in [0.2, 0.25) is 5.88 Å². The van der Waals surface area contributed by atoms with Crippen LogP contribution < -0.4 is 19.9 Å². The second kappa shape index (κ2) is 10.3. The zero-order valence-corrected chi connectivity index (χ0v) is 23.0. The monoisotopic (exact) mass is 589 g/mol. The molecule has 2 atom stereocenters. The van der Waals surface area contributed by atoms with E-state index >= 15 is 0 Å². The molecule has 0 saturated carbocycles. The van der Waals surface area contributed by atoms with Crippen molar-refractivity contribution in [1.29, 1.82) is 0 Å². The van der Waals surface area contributed by atoms with Gasteiger partial charge < -0.3 is 24.4 Å². The molecule has 5 heterocycles. The van der Waals surface area contributed by atoms with Crippen molar-refractivity contribution in [2.24, 2.45) is 0 Å². The number of hydrogen-bond donors (Lipinski definition) is 1. The minimum Gasteiger partial charge on any atom is -0.475 e. The molecule has 13 heteroatoms. The maximum absolute atomic E-state index is 13.7. The Morgan fingerprint density at radius 2 is 2.07 bits per heavy atom. The lowest BCUT2D eigenvalue weighted by Crippen LogP contribution is -2.48. The molecule has 1 N–H and O–H groups in total. The molecular weight excluding hydrogens is 563 g/mol. The van der Waals surface area contributed by atoms with Crippen LogP contribution in [0.4, 0.5) is 35.2 Å². The zero-order chi connectivity index (χ0) is 28.9. The van der Waals surface area contributed by atoms with Crippen LogP contribution in [0, 0.1) is 0 Å². The van der Waals surface area contributed by atoms with Gasteiger partial charge in [-0.25, -0.2) is 14.8 Å². The standard InChI is InChI=1S/C28H27ClF3N5O4/c1-27(2)40-15-20(41-27)14-39-23-11-18(6-8-33-23)34-26(38)37-19-7-9-36(13-19)22-12-21(29)24(35-25(22)37)16-4-3-5-17(10-16)28(30,31)32/h3-6,8,10-12,19-20H,7,9,13-15H2,1-2H3,(H,33,34,38)/t19-,20?/m0/s1. The molecular formula is C28H27ClF3N5O4. The van der Waals surface area contributed by atoms with Crippen molar-refractivity contribution in [3.8, 4) is 17.1 Å². The van der Waals surface area contributed by atoms with E-state index in [1.54, 1.807) is 23.1 Å². The number of ether oxygens (including phenoxy) is 3. The second-order valence-electron chi connectivity index (χ2n) is 10.6. The highest BCUT2D eigenvalue weighted by molar-refractivity contribution is 6.33. The van der Waals surface area contributed by atoms with Crippen LogP contribution in [0.25, 0.3) is 11.3 Å². The first-order valence-corrected chi connectivity index (χ1v) is 13.5. The van der Waals surface area contributed by atoms with Gasteiger partial charge >= 0.3 is 12.2 Å². The predicted octanol–water partition coefficient (Wildman–Crippen LogP) is 5.98. The molecule has 2 aromatic heterocycles. The van der Waals surface area contributed by atoms with Crippen LogP contribution >= 0.6 is 11.6 Å². The SMILES string of the molecule is CC1(C)OCC(COc2cc(NC(=O)N3c4nc(-c5cccc(C(F)(F)F)c5)c(Cl)cc4N4CC[C@H]3C4)ccn2)O1. The molecule has 0 radical (unpaired) electrons. The lowest BCUT2D eigenvalue weighted by atomic mass is 10.1. The van der Waals surface area contributed by atoms with E-state index in [0.29, 0.717) is 49.2 Å². The lowest BCUT2D eigenvalue weighted by Gasteiger charge is -2.36. The predicted molar refractivity (Wildman–Crippen MR) is 146 cm³/mol. The van der Waals surface area contributed by atoms with Crippen molar-refractivity contribution in [1.82, 2.24) is 9.97 Å². The van der Waals surface area contributed by atoms with E-state index in [9.17, 15) is 18.0 Å². The van der Waals surface area contributed by atoms with Gasteiger partial charge in [0.15, 0.2) is 11.6 Å². The van der Waals surface area contributed by atoms with Gasteiger partial charge in [0.05, 0.1) is 34.6 Å². The average Bonchev–Trinajstić information content (AvgIpc) is 3.50. The largest absolute Gasteiger partial charge is 0.475 e. The van der Waals surface area contributed by atoms with Crippen molar-refractivity contribution in [2.75, 3.05) is 41.4 Å². The summed E-state index contributed by atoms with van der Waals surface area (Å²) in [5.74, 6) is -0.0320. The van der Waals surface area contributed by atoms with Crippen molar-refractivity contribution >= 4 is 34.8 Å². The lowest BCUT2D eigenvalue weighted by molar-refractivity contribution is -0.141. The van der Waals surface area contributed by atoms with Crippen LogP contribution in [-0.2, 0) is 15.7 Å². The van der Waals surface area contributed by atoms with E-state index in [1.807, 2.05) is 13.8 Å². The first-order valence-electron chi connectivity index (χ1n) is 13.1. The van der Waals surface area contributed by atoms with Gasteiger partial charge in [-0.15, -0.1) is 0 Å². The van der Waals surface area contributed by atoms with E-state index in [0.717, 1.165) is 12.1 Å². The molecule has 1 aromatic carbocycles. The molecule has 41 heavy (non-hydrogen) atoms. The van der Waals surface area contributed by atoms with Crippen molar-refractivity contribution in [3.63, 3.8) is 0 Å². The van der Waals surface area contributed by atoms with Crippen LogP contribution in [-0.4, -0.2) is 60.2 Å². The third-order valence-corrected chi connectivity index (χ3v) is 7.47. The van der Waals surface area contributed by atoms with Crippen LogP contribution in [0.2, 0.25) is 5.02 Å². The highest BCUT2D eigenvalue weighted by Gasteiger charge is 2.41. The number of aromatic nitrogens is 2. The van der Waals surface area contributed by atoms with Crippen LogP contribution in [0.3, 0.4) is 0 Å². The number of halogens is 4. The number of alkyl halides is 3. The normalized spacial score (nSPS) is 21.1. The number of rotatable bonds is 5. The van der Waals surface area contributed by atoms with E-state index in [2.05, 4.69) is 20.2 Å². The summed E-state index contributed by atoms with van der Waals surface area (Å²) in [5, 5.41) is 3.09. The number of pyridine rings is 2. The quantitative estimate of drug-likeness (QED) is 0.392. The summed E-state index contributed by atoms with van der Waals surface area (Å²) in [7, 11) is 0. The number of hydrogen-bond acceptors (Lipinski definition) is 7. The summed E-state index contributed by atoms with van der Waals surface area (Å²) < 4.78 is 57.2. The molecule has 2 fully saturated rings. The van der Waals surface area contributed by atoms with Gasteiger partial charge in [0.25, 0.3) is 0 Å². The van der Waals surface area contributed by atoms with Gasteiger partial charge in [0.1, 0.15) is 12.7 Å². The Morgan fingerprint density at radius 3 is 2.83 bits per heavy atom. The number of nitrogens with zero attached hydrogens (tertiary/aromatic N) is 4. The molecule has 9 nitrogen and oxygen atoms in total. The van der Waals surface area contributed by atoms with Gasteiger partial charge in [-0.3, -0.25) is 4.90 Å². The minimum absolute atomic E-state index is 0.165. The Morgan fingerprint density at radius 1 is 1.24 bits per heavy atom. The average molecular weight is 590 g/mol. The number of amides is 2. The Kier molecular flexibility index (Phi) is 6.95. The van der Waals surface area contributed by atoms with Gasteiger partial charge in [-0.1, -0.05) is 23.7 Å². The molecule has 216 valence electrons. The Balaban J connectivity index is 1.25. The molecule has 3 aliphatic heterocycles. The third-order valence-electron chi connectivity index (χ3n) is 7.19. The molecule has 0 spiro atoms. The first kappa shape index (κ1) is 27.6. The summed E-state index contributed by atoms with van der Waals surface area (Å²) >= 11 is 6.54. The fourth-order valence-electron chi connectivity index (χ4n) is 5.30. The van der Waals surface area contributed by atoms with Gasteiger partial charge in [-0.05, 0) is 44.5 Å². The van der Waals surface area contributed by atoms with E-state index in [-0.39, 0.29) is 35.0 Å². The summed E-state index contributed by atoms with van der Waals surface area (Å²) in [5.41, 5.74) is 0.665. The molecule has 3 aromatic rings. The van der Waals surface area contributed by atoms with E-state index < -0.39 is 23.6 Å². The summed E-state index contributed by atoms with van der Waals surface area (Å²) in [4.78, 5) is 26.2. The Labute approximate surface area is 239 Å². The fourth-order valence-corrected chi connectivity index (χ4v) is 5.56. The summed E-state index contributed by atoms with van der Waals surface area (Å²) in [6.45, 7) is 5.57. The molecule has 6 rings (SSSR count). The summed E-state index contributed by atoms with van der Waals surface area (Å²) in [6, 6.07) is 9.11. The number of carbonyl (C=O) groups excluding carboxylic acids is 1. The maximum Gasteiger partial charge on any atom is 0.416 e. The Hall–Kier alpha value is -3.61. The van der Waals surface area contributed by atoms with Crippen molar-refractivity contribution in [3.05, 3.63) is 59.2 Å². The van der Waals surface area contributed by atoms with E-state index in [4.69, 9.17) is 25.8 Å².